The molecule has 1 aliphatic rings. The van der Waals surface area contributed by atoms with E-state index in [4.69, 9.17) is 9.47 Å². The smallest absolute Gasteiger partial charge is 0.433 e. The Morgan fingerprint density at radius 3 is 2.81 bits per heavy atom. The lowest BCUT2D eigenvalue weighted by Gasteiger charge is -2.30. The maximum absolute atomic E-state index is 11.0. The molecule has 1 aliphatic heterocycles. The lowest BCUT2D eigenvalue weighted by molar-refractivity contribution is -0.0352. The Balaban J connectivity index is 2.18. The van der Waals surface area contributed by atoms with E-state index in [1.54, 1.807) is 6.08 Å². The van der Waals surface area contributed by atoms with Gasteiger partial charge in [0.25, 0.3) is 0 Å². The summed E-state index contributed by atoms with van der Waals surface area (Å²) >= 11 is 0. The molecule has 0 amide bonds. The number of hydrogen-bond donors (Lipinski definition) is 0. The van der Waals surface area contributed by atoms with E-state index in [1.165, 1.54) is 0 Å². The summed E-state index contributed by atoms with van der Waals surface area (Å²) in [5.74, 6) is 0.0944. The minimum absolute atomic E-state index is 0.0944. The molecule has 3 heteroatoms. The molecule has 2 atom stereocenters. The summed E-state index contributed by atoms with van der Waals surface area (Å²) in [6, 6.07) is 9.93. The number of hydrogen-bond acceptors (Lipinski definition) is 3. The second kappa shape index (κ2) is 4.84. The van der Waals surface area contributed by atoms with Crippen molar-refractivity contribution in [2.24, 2.45) is 0 Å². The Morgan fingerprint density at radius 2 is 2.12 bits per heavy atom. The lowest BCUT2D eigenvalue weighted by Crippen LogP contribution is -2.34. The first kappa shape index (κ1) is 10.7. The maximum atomic E-state index is 11.0. The Labute approximate surface area is 94.7 Å². The Bertz CT molecular complexity index is 372. The highest BCUT2D eigenvalue weighted by molar-refractivity contribution is 5.61. The highest BCUT2D eigenvalue weighted by atomic mass is 16.7. The third kappa shape index (κ3) is 2.24. The summed E-state index contributed by atoms with van der Waals surface area (Å²) < 4.78 is 10.1. The highest BCUT2D eigenvalue weighted by Gasteiger charge is 2.32. The first-order valence-corrected chi connectivity index (χ1v) is 5.30. The molecule has 0 saturated carbocycles. The second-order valence-electron chi connectivity index (χ2n) is 3.76. The largest absolute Gasteiger partial charge is 0.508 e. The molecule has 84 valence electrons. The van der Waals surface area contributed by atoms with Crippen molar-refractivity contribution in [1.29, 1.82) is 0 Å². The molecule has 1 aromatic rings. The minimum Gasteiger partial charge on any atom is -0.433 e. The van der Waals surface area contributed by atoms with Gasteiger partial charge in [-0.2, -0.15) is 0 Å². The van der Waals surface area contributed by atoms with E-state index in [1.807, 2.05) is 30.3 Å². The van der Waals surface area contributed by atoms with Crippen molar-refractivity contribution in [2.45, 2.75) is 18.4 Å². The van der Waals surface area contributed by atoms with Crippen LogP contribution in [0.25, 0.3) is 0 Å². The fourth-order valence-corrected chi connectivity index (χ4v) is 1.89. The quantitative estimate of drug-likeness (QED) is 0.578. The van der Waals surface area contributed by atoms with Crippen LogP contribution in [-0.2, 0) is 9.47 Å². The van der Waals surface area contributed by atoms with E-state index in [2.05, 4.69) is 6.58 Å². The predicted molar refractivity (Wildman–Crippen MR) is 60.2 cm³/mol. The molecule has 0 aromatic heterocycles. The molecule has 0 spiro atoms. The summed E-state index contributed by atoms with van der Waals surface area (Å²) in [5.41, 5.74) is 1.13. The molecular formula is C13H14O3. The minimum atomic E-state index is -0.584. The maximum Gasteiger partial charge on any atom is 0.508 e. The van der Waals surface area contributed by atoms with Crippen LogP contribution in [0.4, 0.5) is 4.79 Å². The Kier molecular flexibility index (Phi) is 3.25. The van der Waals surface area contributed by atoms with Crippen molar-refractivity contribution < 1.29 is 14.3 Å². The van der Waals surface area contributed by atoms with Crippen LogP contribution in [0.3, 0.4) is 0 Å². The summed E-state index contributed by atoms with van der Waals surface area (Å²) in [5, 5.41) is 0. The first-order chi connectivity index (χ1) is 7.81. The fourth-order valence-electron chi connectivity index (χ4n) is 1.89. The number of benzene rings is 1. The lowest BCUT2D eigenvalue weighted by atomic mass is 9.92. The van der Waals surface area contributed by atoms with Gasteiger partial charge in [0.2, 0.25) is 0 Å². The summed E-state index contributed by atoms with van der Waals surface area (Å²) in [6.45, 7) is 4.05. The average Bonchev–Trinajstić information content (AvgIpc) is 2.31. The van der Waals surface area contributed by atoms with Crippen molar-refractivity contribution in [3.8, 4) is 0 Å². The van der Waals surface area contributed by atoms with E-state index in [-0.39, 0.29) is 12.0 Å². The van der Waals surface area contributed by atoms with Gasteiger partial charge < -0.3 is 9.47 Å². The van der Waals surface area contributed by atoms with Crippen LogP contribution in [0.15, 0.2) is 43.0 Å². The number of carbonyl (C=O) groups is 1. The van der Waals surface area contributed by atoms with Gasteiger partial charge in [0.1, 0.15) is 12.7 Å². The molecule has 0 bridgehead atoms. The van der Waals surface area contributed by atoms with Gasteiger partial charge >= 0.3 is 6.16 Å². The third-order valence-corrected chi connectivity index (χ3v) is 2.70. The van der Waals surface area contributed by atoms with Crippen LogP contribution in [0.5, 0.6) is 0 Å². The van der Waals surface area contributed by atoms with E-state index < -0.39 is 6.16 Å². The van der Waals surface area contributed by atoms with Gasteiger partial charge in [0, 0.05) is 6.42 Å². The summed E-state index contributed by atoms with van der Waals surface area (Å²) in [6.07, 6.45) is 1.66. The summed E-state index contributed by atoms with van der Waals surface area (Å²) in [7, 11) is 0. The second-order valence-corrected chi connectivity index (χ2v) is 3.76. The zero-order valence-corrected chi connectivity index (χ0v) is 8.96. The topological polar surface area (TPSA) is 35.5 Å². The van der Waals surface area contributed by atoms with Crippen molar-refractivity contribution in [3.05, 3.63) is 48.6 Å². The van der Waals surface area contributed by atoms with Crippen molar-refractivity contribution in [2.75, 3.05) is 6.61 Å². The molecule has 3 nitrogen and oxygen atoms in total. The number of cyclic esters (lactones) is 2. The van der Waals surface area contributed by atoms with Gasteiger partial charge in [-0.05, 0) is 5.56 Å². The van der Waals surface area contributed by atoms with Crippen LogP contribution in [-0.4, -0.2) is 18.9 Å². The zero-order valence-electron chi connectivity index (χ0n) is 8.96. The van der Waals surface area contributed by atoms with Gasteiger partial charge in [-0.15, -0.1) is 6.58 Å². The SMILES string of the molecule is C=CCC1OC(=O)OCC1c1ccccc1. The zero-order chi connectivity index (χ0) is 11.4. The molecule has 1 fully saturated rings. The molecule has 0 radical (unpaired) electrons. The van der Waals surface area contributed by atoms with Crippen molar-refractivity contribution in [1.82, 2.24) is 0 Å². The highest BCUT2D eigenvalue weighted by Crippen LogP contribution is 2.28. The Morgan fingerprint density at radius 1 is 1.38 bits per heavy atom. The first-order valence-electron chi connectivity index (χ1n) is 5.30. The molecule has 0 N–H and O–H groups in total. The van der Waals surface area contributed by atoms with Crippen molar-refractivity contribution >= 4 is 6.16 Å². The standard InChI is InChI=1S/C13H14O3/c1-2-6-12-11(9-15-13(14)16-12)10-7-4-3-5-8-10/h2-5,7-8,11-12H,1,6,9H2. The van der Waals surface area contributed by atoms with Crippen LogP contribution < -0.4 is 0 Å². The number of carbonyl (C=O) groups excluding carboxylic acids is 1. The Hall–Kier alpha value is -1.77. The van der Waals surface area contributed by atoms with E-state index in [0.29, 0.717) is 13.0 Å². The van der Waals surface area contributed by atoms with Crippen LogP contribution in [0.1, 0.15) is 17.9 Å². The van der Waals surface area contributed by atoms with Gasteiger partial charge in [0.15, 0.2) is 0 Å². The monoisotopic (exact) mass is 218 g/mol. The van der Waals surface area contributed by atoms with E-state index in [0.717, 1.165) is 5.56 Å². The number of ether oxygens (including phenoxy) is 2. The van der Waals surface area contributed by atoms with Crippen LogP contribution in [0.2, 0.25) is 0 Å². The van der Waals surface area contributed by atoms with Crippen LogP contribution in [0, 0.1) is 0 Å². The molecule has 2 unspecified atom stereocenters. The summed E-state index contributed by atoms with van der Waals surface area (Å²) in [4.78, 5) is 11.0. The van der Waals surface area contributed by atoms with Crippen LogP contribution >= 0.6 is 0 Å². The molecule has 16 heavy (non-hydrogen) atoms. The predicted octanol–water partition coefficient (Wildman–Crippen LogP) is 2.88. The normalized spacial score (nSPS) is 24.4. The van der Waals surface area contributed by atoms with Gasteiger partial charge in [-0.1, -0.05) is 36.4 Å². The molecule has 1 heterocycles. The van der Waals surface area contributed by atoms with Gasteiger partial charge in [0.05, 0.1) is 5.92 Å². The molecule has 1 saturated heterocycles. The molecule has 2 rings (SSSR count). The third-order valence-electron chi connectivity index (χ3n) is 2.70. The average molecular weight is 218 g/mol. The molecule has 1 aromatic carbocycles. The number of rotatable bonds is 3. The fraction of sp³-hybridized carbons (Fsp3) is 0.308. The van der Waals surface area contributed by atoms with E-state index >= 15 is 0 Å². The molecular weight excluding hydrogens is 204 g/mol. The van der Waals surface area contributed by atoms with Gasteiger partial charge in [-0.25, -0.2) is 4.79 Å². The van der Waals surface area contributed by atoms with Gasteiger partial charge in [-0.3, -0.25) is 0 Å². The van der Waals surface area contributed by atoms with E-state index in [9.17, 15) is 4.79 Å². The molecule has 0 aliphatic carbocycles. The van der Waals surface area contributed by atoms with Crippen molar-refractivity contribution in [3.63, 3.8) is 0 Å².